The molecule has 0 aliphatic heterocycles. The molecule has 0 heterocycles. The van der Waals surface area contributed by atoms with E-state index in [1.807, 2.05) is 24.3 Å². The third-order valence-electron chi connectivity index (χ3n) is 2.90. The number of nitro benzene ring substituents is 1. The number of nitrogens with zero attached hydrogens (tertiary/aromatic N) is 1. The van der Waals surface area contributed by atoms with Crippen molar-refractivity contribution in [3.05, 3.63) is 74.3 Å². The van der Waals surface area contributed by atoms with Crippen LogP contribution < -0.4 is 5.32 Å². The number of halogens is 1. The van der Waals surface area contributed by atoms with Crippen molar-refractivity contribution in [2.45, 2.75) is 6.92 Å². The van der Waals surface area contributed by atoms with Crippen LogP contribution >= 0.6 is 15.9 Å². The average molecular weight is 361 g/mol. The molecule has 1 amide bonds. The molecule has 112 valence electrons. The quantitative estimate of drug-likeness (QED) is 0.501. The molecule has 1 N–H and O–H groups in total. The first-order valence-electron chi connectivity index (χ1n) is 6.45. The first-order valence-corrected chi connectivity index (χ1v) is 7.24. The lowest BCUT2D eigenvalue weighted by Crippen LogP contribution is -2.09. The summed E-state index contributed by atoms with van der Waals surface area (Å²) in [6.07, 6.45) is 2.98. The molecule has 6 heteroatoms. The highest BCUT2D eigenvalue weighted by molar-refractivity contribution is 9.10. The van der Waals surface area contributed by atoms with E-state index in [1.54, 1.807) is 19.1 Å². The molecule has 0 unspecified atom stereocenters. The number of amides is 1. The fourth-order valence-electron chi connectivity index (χ4n) is 1.82. The second kappa shape index (κ2) is 7.00. The number of carbonyl (C=O) groups excluding carboxylic acids is 1. The van der Waals surface area contributed by atoms with Gasteiger partial charge in [-0.2, -0.15) is 0 Å². The Labute approximate surface area is 135 Å². The minimum atomic E-state index is -0.513. The molecule has 0 aromatic heterocycles. The number of nitrogens with one attached hydrogen (secondary N) is 1. The Hall–Kier alpha value is -2.47. The van der Waals surface area contributed by atoms with Gasteiger partial charge in [-0.15, -0.1) is 0 Å². The van der Waals surface area contributed by atoms with E-state index >= 15 is 0 Å². The zero-order valence-corrected chi connectivity index (χ0v) is 13.3. The molecule has 0 radical (unpaired) electrons. The predicted octanol–water partition coefficient (Wildman–Crippen LogP) is 4.32. The summed E-state index contributed by atoms with van der Waals surface area (Å²) in [4.78, 5) is 22.4. The normalized spacial score (nSPS) is 10.6. The van der Waals surface area contributed by atoms with Gasteiger partial charge in [0.25, 0.3) is 5.69 Å². The Bertz CT molecular complexity index is 740. The Morgan fingerprint density at radius 3 is 2.55 bits per heavy atom. The van der Waals surface area contributed by atoms with Gasteiger partial charge in [0.15, 0.2) is 0 Å². The number of carbonyl (C=O) groups is 1. The van der Waals surface area contributed by atoms with Crippen LogP contribution in [-0.2, 0) is 4.79 Å². The lowest BCUT2D eigenvalue weighted by molar-refractivity contribution is -0.384. The molecule has 2 aromatic rings. The van der Waals surface area contributed by atoms with Gasteiger partial charge in [0, 0.05) is 16.6 Å². The van der Waals surface area contributed by atoms with Crippen LogP contribution in [0.3, 0.4) is 0 Å². The monoisotopic (exact) mass is 360 g/mol. The van der Waals surface area contributed by atoms with Gasteiger partial charge in [0.05, 0.1) is 4.92 Å². The van der Waals surface area contributed by atoms with Gasteiger partial charge in [-0.05, 0) is 42.3 Å². The van der Waals surface area contributed by atoms with Gasteiger partial charge in [-0.3, -0.25) is 14.9 Å². The van der Waals surface area contributed by atoms with Crippen molar-refractivity contribution in [2.24, 2.45) is 0 Å². The Balaban J connectivity index is 2.12. The van der Waals surface area contributed by atoms with Gasteiger partial charge in [-0.1, -0.05) is 34.1 Å². The molecular weight excluding hydrogens is 348 g/mol. The standard InChI is InChI=1S/C16H13BrN2O3/c1-11-2-8-14(15(10-11)19(21)22)18-16(20)9-5-12-3-6-13(17)7-4-12/h2-10H,1H3,(H,18,20). The summed E-state index contributed by atoms with van der Waals surface area (Å²) in [5.41, 5.74) is 1.68. The van der Waals surface area contributed by atoms with E-state index < -0.39 is 10.8 Å². The summed E-state index contributed by atoms with van der Waals surface area (Å²) in [7, 11) is 0. The molecule has 0 fully saturated rings. The highest BCUT2D eigenvalue weighted by Crippen LogP contribution is 2.25. The number of rotatable bonds is 4. The van der Waals surface area contributed by atoms with Crippen LogP contribution in [0.4, 0.5) is 11.4 Å². The minimum absolute atomic E-state index is 0.120. The van der Waals surface area contributed by atoms with Gasteiger partial charge in [-0.25, -0.2) is 0 Å². The molecule has 0 atom stereocenters. The van der Waals surface area contributed by atoms with E-state index in [-0.39, 0.29) is 11.4 Å². The molecule has 0 aliphatic carbocycles. The molecule has 0 spiro atoms. The van der Waals surface area contributed by atoms with Crippen LogP contribution in [0.1, 0.15) is 11.1 Å². The van der Waals surface area contributed by atoms with Crippen molar-refractivity contribution in [1.29, 1.82) is 0 Å². The first kappa shape index (κ1) is 15.9. The van der Waals surface area contributed by atoms with Crippen LogP contribution in [0.2, 0.25) is 0 Å². The molecule has 5 nitrogen and oxygen atoms in total. The molecule has 0 aliphatic rings. The first-order chi connectivity index (χ1) is 10.5. The van der Waals surface area contributed by atoms with E-state index in [0.29, 0.717) is 0 Å². The summed E-state index contributed by atoms with van der Waals surface area (Å²) < 4.78 is 0.949. The molecule has 0 saturated heterocycles. The SMILES string of the molecule is Cc1ccc(NC(=O)C=Cc2ccc(Br)cc2)c([N+](=O)[O-])c1. The Kier molecular flexibility index (Phi) is 5.06. The smallest absolute Gasteiger partial charge is 0.293 e. The van der Waals surface area contributed by atoms with Crippen molar-refractivity contribution in [3.8, 4) is 0 Å². The fraction of sp³-hybridized carbons (Fsp3) is 0.0625. The van der Waals surface area contributed by atoms with Crippen molar-refractivity contribution in [2.75, 3.05) is 5.32 Å². The molecule has 2 aromatic carbocycles. The summed E-state index contributed by atoms with van der Waals surface area (Å²) in [5.74, 6) is -0.421. The predicted molar refractivity (Wildman–Crippen MR) is 89.6 cm³/mol. The highest BCUT2D eigenvalue weighted by Gasteiger charge is 2.14. The van der Waals surface area contributed by atoms with Crippen LogP contribution in [0.25, 0.3) is 6.08 Å². The Morgan fingerprint density at radius 2 is 1.91 bits per heavy atom. The van der Waals surface area contributed by atoms with Gasteiger partial charge < -0.3 is 5.32 Å². The lowest BCUT2D eigenvalue weighted by Gasteiger charge is -2.04. The highest BCUT2D eigenvalue weighted by atomic mass is 79.9. The van der Waals surface area contributed by atoms with Gasteiger partial charge in [0.2, 0.25) is 5.91 Å². The summed E-state index contributed by atoms with van der Waals surface area (Å²) in [6.45, 7) is 1.76. The van der Waals surface area contributed by atoms with Gasteiger partial charge >= 0.3 is 0 Å². The molecule has 0 bridgehead atoms. The molecular formula is C16H13BrN2O3. The summed E-state index contributed by atoms with van der Waals surface area (Å²) in [5, 5.41) is 13.5. The van der Waals surface area contributed by atoms with Crippen LogP contribution in [-0.4, -0.2) is 10.8 Å². The van der Waals surface area contributed by atoms with Crippen molar-refractivity contribution < 1.29 is 9.72 Å². The minimum Gasteiger partial charge on any atom is -0.317 e. The van der Waals surface area contributed by atoms with E-state index in [1.165, 1.54) is 18.2 Å². The number of aryl methyl sites for hydroxylation is 1. The number of anilines is 1. The van der Waals surface area contributed by atoms with Crippen LogP contribution in [0.5, 0.6) is 0 Å². The number of hydrogen-bond donors (Lipinski definition) is 1. The summed E-state index contributed by atoms with van der Waals surface area (Å²) >= 11 is 3.33. The van der Waals surface area contributed by atoms with Crippen LogP contribution in [0.15, 0.2) is 53.0 Å². The van der Waals surface area contributed by atoms with E-state index in [2.05, 4.69) is 21.2 Å². The lowest BCUT2D eigenvalue weighted by atomic mass is 10.2. The molecule has 0 saturated carbocycles. The zero-order valence-electron chi connectivity index (χ0n) is 11.7. The molecule has 22 heavy (non-hydrogen) atoms. The topological polar surface area (TPSA) is 72.2 Å². The second-order valence-corrected chi connectivity index (χ2v) is 5.57. The van der Waals surface area contributed by atoms with Crippen LogP contribution in [0, 0.1) is 17.0 Å². The average Bonchev–Trinajstić information content (AvgIpc) is 2.48. The third kappa shape index (κ3) is 4.26. The molecule has 2 rings (SSSR count). The van der Waals surface area contributed by atoms with Gasteiger partial charge in [0.1, 0.15) is 5.69 Å². The second-order valence-electron chi connectivity index (χ2n) is 4.65. The third-order valence-corrected chi connectivity index (χ3v) is 3.43. The van der Waals surface area contributed by atoms with E-state index in [4.69, 9.17) is 0 Å². The maximum absolute atomic E-state index is 11.9. The largest absolute Gasteiger partial charge is 0.317 e. The summed E-state index contributed by atoms with van der Waals surface area (Å²) in [6, 6.07) is 12.1. The maximum atomic E-state index is 11.9. The number of hydrogen-bond acceptors (Lipinski definition) is 3. The number of nitro groups is 1. The van der Waals surface area contributed by atoms with Crippen molar-refractivity contribution >= 4 is 39.3 Å². The Morgan fingerprint density at radius 1 is 1.23 bits per heavy atom. The fourth-order valence-corrected chi connectivity index (χ4v) is 2.08. The van der Waals surface area contributed by atoms with E-state index in [0.717, 1.165) is 15.6 Å². The van der Waals surface area contributed by atoms with Crippen molar-refractivity contribution in [1.82, 2.24) is 0 Å². The zero-order chi connectivity index (χ0) is 16.1. The maximum Gasteiger partial charge on any atom is 0.293 e. The van der Waals surface area contributed by atoms with E-state index in [9.17, 15) is 14.9 Å². The van der Waals surface area contributed by atoms with Crippen molar-refractivity contribution in [3.63, 3.8) is 0 Å². The number of benzene rings is 2.